The maximum absolute atomic E-state index is 9.56. The molecule has 76 valence electrons. The van der Waals surface area contributed by atoms with E-state index in [-0.39, 0.29) is 13.0 Å². The Morgan fingerprint density at radius 1 is 1.23 bits per heavy atom. The Morgan fingerprint density at radius 2 is 1.69 bits per heavy atom. The van der Waals surface area contributed by atoms with Crippen LogP contribution in [0.5, 0.6) is 0 Å². The van der Waals surface area contributed by atoms with E-state index in [1.54, 1.807) is 0 Å². The highest BCUT2D eigenvalue weighted by Crippen LogP contribution is 1.85. The number of hydrogen-bond donors (Lipinski definition) is 2. The van der Waals surface area contributed by atoms with Crippen molar-refractivity contribution in [3.05, 3.63) is 0 Å². The molecule has 0 saturated heterocycles. The van der Waals surface area contributed by atoms with Crippen LogP contribution in [0.1, 0.15) is 25.7 Å². The Hall–Kier alpha value is -1.23. The van der Waals surface area contributed by atoms with Crippen molar-refractivity contribution in [3.63, 3.8) is 0 Å². The molecule has 0 aromatic rings. The van der Waals surface area contributed by atoms with Crippen LogP contribution in [0.3, 0.4) is 0 Å². The Kier molecular flexibility index (Phi) is 14.7. The topological polar surface area (TPSA) is 97.5 Å². The van der Waals surface area contributed by atoms with E-state index in [2.05, 4.69) is 0 Å². The van der Waals surface area contributed by atoms with Crippen LogP contribution in [0.15, 0.2) is 0 Å². The quantitative estimate of drug-likeness (QED) is 0.452. The number of aldehydes is 2. The number of unbranched alkanes of at least 4 members (excludes halogenated alkanes) is 2. The third kappa shape index (κ3) is 24.9. The smallest absolute Gasteiger partial charge is 0.304 e. The Balaban J connectivity index is 0. The van der Waals surface area contributed by atoms with Crippen molar-refractivity contribution >= 4 is 18.5 Å². The average molecular weight is 189 g/mol. The first-order valence-corrected chi connectivity index (χ1v) is 3.98. The summed E-state index contributed by atoms with van der Waals surface area (Å²) in [6, 6.07) is 0. The van der Waals surface area contributed by atoms with Crippen LogP contribution in [0.25, 0.3) is 0 Å². The first kappa shape index (κ1) is 14.3. The van der Waals surface area contributed by atoms with E-state index < -0.39 is 5.97 Å². The van der Waals surface area contributed by atoms with E-state index >= 15 is 0 Å². The number of rotatable bonds is 6. The molecule has 0 radical (unpaired) electrons. The zero-order valence-corrected chi connectivity index (χ0v) is 7.44. The second kappa shape index (κ2) is 13.4. The molecule has 0 unspecified atom stereocenters. The zero-order valence-electron chi connectivity index (χ0n) is 7.44. The predicted octanol–water partition coefficient (Wildman–Crippen LogP) is -0.0257. The van der Waals surface area contributed by atoms with E-state index in [4.69, 9.17) is 10.8 Å². The number of carbonyl (C=O) groups is 3. The van der Waals surface area contributed by atoms with E-state index in [9.17, 15) is 14.4 Å². The van der Waals surface area contributed by atoms with Crippen molar-refractivity contribution in [2.75, 3.05) is 6.54 Å². The lowest BCUT2D eigenvalue weighted by Crippen LogP contribution is -2.05. The standard InChI is InChI=1S/C5H8O2.C3H7NO2/c6-4-2-1-3-5-7;4-2-1-3(5)6/h4-5H,1-3H2;1-2,4H2,(H,5,6). The molecule has 0 aromatic heterocycles. The van der Waals surface area contributed by atoms with Crippen molar-refractivity contribution in [1.82, 2.24) is 0 Å². The summed E-state index contributed by atoms with van der Waals surface area (Å²) in [7, 11) is 0. The van der Waals surface area contributed by atoms with Crippen molar-refractivity contribution in [3.8, 4) is 0 Å². The molecule has 3 N–H and O–H groups in total. The summed E-state index contributed by atoms with van der Waals surface area (Å²) in [4.78, 5) is 28.6. The summed E-state index contributed by atoms with van der Waals surface area (Å²) < 4.78 is 0. The summed E-state index contributed by atoms with van der Waals surface area (Å²) in [6.07, 6.45) is 3.44. The SMILES string of the molecule is NCCC(=O)O.O=CCCCC=O. The Bertz CT molecular complexity index is 139. The predicted molar refractivity (Wildman–Crippen MR) is 47.3 cm³/mol. The number of carbonyl (C=O) groups excluding carboxylic acids is 2. The largest absolute Gasteiger partial charge is 0.481 e. The number of hydrogen-bond acceptors (Lipinski definition) is 4. The van der Waals surface area contributed by atoms with Gasteiger partial charge in [0.25, 0.3) is 0 Å². The zero-order chi connectivity index (χ0) is 10.5. The normalized spacial score (nSPS) is 8.08. The average Bonchev–Trinajstić information content (AvgIpc) is 2.06. The van der Waals surface area contributed by atoms with E-state index in [1.165, 1.54) is 0 Å². The fourth-order valence-electron chi connectivity index (χ4n) is 0.408. The second-order valence-corrected chi connectivity index (χ2v) is 2.20. The minimum atomic E-state index is -0.836. The number of carboxylic acids is 1. The van der Waals surface area contributed by atoms with Crippen LogP contribution in [-0.4, -0.2) is 30.2 Å². The van der Waals surface area contributed by atoms with Gasteiger partial charge in [-0.2, -0.15) is 0 Å². The van der Waals surface area contributed by atoms with E-state index in [0.29, 0.717) is 19.3 Å². The molecule has 0 rings (SSSR count). The van der Waals surface area contributed by atoms with Crippen LogP contribution < -0.4 is 5.73 Å². The van der Waals surface area contributed by atoms with Crippen LogP contribution in [0, 0.1) is 0 Å². The summed E-state index contributed by atoms with van der Waals surface area (Å²) in [6.45, 7) is 0.231. The van der Waals surface area contributed by atoms with Gasteiger partial charge in [-0.25, -0.2) is 0 Å². The molecular formula is C8H15NO4. The fourth-order valence-corrected chi connectivity index (χ4v) is 0.408. The highest BCUT2D eigenvalue weighted by Gasteiger charge is 1.87. The van der Waals surface area contributed by atoms with Gasteiger partial charge in [0, 0.05) is 19.4 Å². The summed E-state index contributed by atoms with van der Waals surface area (Å²) in [5.41, 5.74) is 4.85. The van der Waals surface area contributed by atoms with Gasteiger partial charge in [0.05, 0.1) is 6.42 Å². The molecule has 13 heavy (non-hydrogen) atoms. The van der Waals surface area contributed by atoms with Crippen LogP contribution in [0.4, 0.5) is 0 Å². The van der Waals surface area contributed by atoms with Gasteiger partial charge in [-0.15, -0.1) is 0 Å². The first-order valence-electron chi connectivity index (χ1n) is 3.98. The minimum Gasteiger partial charge on any atom is -0.481 e. The number of nitrogens with two attached hydrogens (primary N) is 1. The number of carboxylic acid groups (broad SMARTS) is 1. The van der Waals surface area contributed by atoms with Gasteiger partial charge >= 0.3 is 5.97 Å². The molecule has 0 saturated carbocycles. The van der Waals surface area contributed by atoms with Gasteiger partial charge < -0.3 is 20.4 Å². The van der Waals surface area contributed by atoms with Crippen molar-refractivity contribution in [1.29, 1.82) is 0 Å². The maximum atomic E-state index is 9.56. The molecule has 0 aliphatic rings. The third-order valence-corrected chi connectivity index (χ3v) is 1.00. The van der Waals surface area contributed by atoms with Gasteiger partial charge in [0.15, 0.2) is 0 Å². The number of aliphatic carboxylic acids is 1. The molecule has 0 spiro atoms. The highest BCUT2D eigenvalue weighted by atomic mass is 16.4. The Morgan fingerprint density at radius 3 is 1.85 bits per heavy atom. The molecule has 0 aliphatic heterocycles. The molecule has 0 amide bonds. The third-order valence-electron chi connectivity index (χ3n) is 1.00. The molecule has 0 aromatic carbocycles. The lowest BCUT2D eigenvalue weighted by molar-refractivity contribution is -0.136. The minimum absolute atomic E-state index is 0.0694. The van der Waals surface area contributed by atoms with Gasteiger partial charge in [-0.3, -0.25) is 4.79 Å². The van der Waals surface area contributed by atoms with Crippen molar-refractivity contribution < 1.29 is 19.5 Å². The summed E-state index contributed by atoms with van der Waals surface area (Å²) >= 11 is 0. The maximum Gasteiger partial charge on any atom is 0.304 e. The fraction of sp³-hybridized carbons (Fsp3) is 0.625. The van der Waals surface area contributed by atoms with Gasteiger partial charge in [0.1, 0.15) is 12.6 Å². The molecule has 0 heterocycles. The van der Waals surface area contributed by atoms with Gasteiger partial charge in [-0.05, 0) is 6.42 Å². The van der Waals surface area contributed by atoms with Crippen LogP contribution in [0.2, 0.25) is 0 Å². The summed E-state index contributed by atoms with van der Waals surface area (Å²) in [5, 5.41) is 7.83. The molecule has 5 nitrogen and oxygen atoms in total. The summed E-state index contributed by atoms with van der Waals surface area (Å²) in [5.74, 6) is -0.836. The monoisotopic (exact) mass is 189 g/mol. The first-order chi connectivity index (χ1) is 6.18. The van der Waals surface area contributed by atoms with Crippen LogP contribution >= 0.6 is 0 Å². The van der Waals surface area contributed by atoms with E-state index in [0.717, 1.165) is 12.6 Å². The molecule has 0 atom stereocenters. The van der Waals surface area contributed by atoms with Gasteiger partial charge in [0.2, 0.25) is 0 Å². The van der Waals surface area contributed by atoms with Crippen molar-refractivity contribution in [2.24, 2.45) is 5.73 Å². The van der Waals surface area contributed by atoms with Crippen molar-refractivity contribution in [2.45, 2.75) is 25.7 Å². The molecule has 0 aliphatic carbocycles. The molecule has 0 bridgehead atoms. The molecule has 0 fully saturated rings. The lowest BCUT2D eigenvalue weighted by atomic mass is 10.3. The molecular weight excluding hydrogens is 174 g/mol. The lowest BCUT2D eigenvalue weighted by Gasteiger charge is -1.80. The van der Waals surface area contributed by atoms with Crippen LogP contribution in [-0.2, 0) is 14.4 Å². The second-order valence-electron chi connectivity index (χ2n) is 2.20. The molecule has 5 heteroatoms. The Labute approximate surface area is 76.9 Å². The highest BCUT2D eigenvalue weighted by molar-refractivity contribution is 5.66. The van der Waals surface area contributed by atoms with E-state index in [1.807, 2.05) is 0 Å². The van der Waals surface area contributed by atoms with Gasteiger partial charge in [-0.1, -0.05) is 0 Å².